The van der Waals surface area contributed by atoms with Gasteiger partial charge >= 0.3 is 0 Å². The lowest BCUT2D eigenvalue weighted by molar-refractivity contribution is -0.132. The van der Waals surface area contributed by atoms with Crippen molar-refractivity contribution in [2.24, 2.45) is 12.5 Å². The number of rotatable bonds is 6. The van der Waals surface area contributed by atoms with Crippen LogP contribution in [-0.2, 0) is 24.8 Å². The third-order valence-electron chi connectivity index (χ3n) is 7.85. The molecule has 0 unspecified atom stereocenters. The van der Waals surface area contributed by atoms with Crippen LogP contribution in [0.3, 0.4) is 0 Å². The Kier molecular flexibility index (Phi) is 6.57. The molecule has 1 N–H and O–H groups in total. The summed E-state index contributed by atoms with van der Waals surface area (Å²) < 4.78 is 2.18. The summed E-state index contributed by atoms with van der Waals surface area (Å²) in [5, 5.41) is 3.91. The van der Waals surface area contributed by atoms with Crippen molar-refractivity contribution in [1.82, 2.24) is 14.9 Å². The van der Waals surface area contributed by atoms with Crippen molar-refractivity contribution in [1.29, 1.82) is 0 Å². The van der Waals surface area contributed by atoms with Crippen LogP contribution in [0.1, 0.15) is 68.8 Å². The Balaban J connectivity index is 1.31. The second kappa shape index (κ2) is 9.61. The highest BCUT2D eigenvalue weighted by molar-refractivity contribution is 6.31. The Morgan fingerprint density at radius 3 is 2.59 bits per heavy atom. The molecule has 2 aliphatic rings. The summed E-state index contributed by atoms with van der Waals surface area (Å²) in [6.07, 6.45) is 8.69. The predicted molar refractivity (Wildman–Crippen MR) is 139 cm³/mol. The van der Waals surface area contributed by atoms with Gasteiger partial charge in [0.15, 0.2) is 0 Å². The molecular weight excluding hydrogens is 444 g/mol. The van der Waals surface area contributed by atoms with E-state index in [0.717, 1.165) is 71.8 Å². The van der Waals surface area contributed by atoms with Crippen molar-refractivity contribution in [3.05, 3.63) is 58.4 Å². The molecule has 1 aromatic heterocycles. The maximum Gasteiger partial charge on any atom is 0.226 e. The van der Waals surface area contributed by atoms with Crippen molar-refractivity contribution in [3.8, 4) is 0 Å². The Bertz CT molecular complexity index is 1190. The van der Waals surface area contributed by atoms with Gasteiger partial charge in [0.1, 0.15) is 5.82 Å². The highest BCUT2D eigenvalue weighted by atomic mass is 35.5. The first-order chi connectivity index (χ1) is 16.4. The highest BCUT2D eigenvalue weighted by Crippen LogP contribution is 2.36. The Morgan fingerprint density at radius 1 is 1.06 bits per heavy atom. The van der Waals surface area contributed by atoms with Crippen LogP contribution in [0, 0.1) is 5.41 Å². The van der Waals surface area contributed by atoms with E-state index in [2.05, 4.69) is 53.0 Å². The second-order valence-electron chi connectivity index (χ2n) is 10.4. The standard InChI is InChI=1S/C28H35ClN4O/c1-28(12-4-3-5-13-28)27(34)30-19-20-8-10-23(29)21(16-20)17-26-31-24-11-9-22(18-25(24)32(26)2)33-14-6-7-15-33/h8-11,16,18H,3-7,12-15,17,19H2,1-2H3,(H,30,34). The SMILES string of the molecule is Cn1c(Cc2cc(CNC(=O)C3(C)CCCCC3)ccc2Cl)nc2ccc(N3CCCC3)cc21. The number of hydrogen-bond acceptors (Lipinski definition) is 3. The number of anilines is 1. The number of halogens is 1. The van der Waals surface area contributed by atoms with Gasteiger partial charge in [-0.1, -0.05) is 49.9 Å². The summed E-state index contributed by atoms with van der Waals surface area (Å²) in [5.41, 5.74) is 5.33. The minimum Gasteiger partial charge on any atom is -0.371 e. The van der Waals surface area contributed by atoms with Crippen molar-refractivity contribution >= 4 is 34.2 Å². The molecule has 1 amide bonds. The number of nitrogens with one attached hydrogen (secondary N) is 1. The summed E-state index contributed by atoms with van der Waals surface area (Å²) in [4.78, 5) is 20.2. The summed E-state index contributed by atoms with van der Waals surface area (Å²) in [6.45, 7) is 4.90. The third kappa shape index (κ3) is 4.68. The lowest BCUT2D eigenvalue weighted by Crippen LogP contribution is -2.39. The molecule has 1 saturated carbocycles. The normalized spacial score (nSPS) is 17.9. The van der Waals surface area contributed by atoms with Gasteiger partial charge in [-0.2, -0.15) is 0 Å². The van der Waals surface area contributed by atoms with E-state index in [-0.39, 0.29) is 11.3 Å². The van der Waals surface area contributed by atoms with E-state index in [1.165, 1.54) is 24.9 Å². The average molecular weight is 479 g/mol. The molecule has 3 aromatic rings. The maximum absolute atomic E-state index is 12.8. The molecule has 0 bridgehead atoms. The zero-order chi connectivity index (χ0) is 23.7. The van der Waals surface area contributed by atoms with Gasteiger partial charge < -0.3 is 14.8 Å². The molecule has 5 nitrogen and oxygen atoms in total. The molecule has 2 fully saturated rings. The monoisotopic (exact) mass is 478 g/mol. The molecule has 180 valence electrons. The highest BCUT2D eigenvalue weighted by Gasteiger charge is 2.34. The van der Waals surface area contributed by atoms with Crippen LogP contribution in [0.25, 0.3) is 11.0 Å². The quantitative estimate of drug-likeness (QED) is 0.472. The summed E-state index contributed by atoms with van der Waals surface area (Å²) in [5.74, 6) is 1.17. The third-order valence-corrected chi connectivity index (χ3v) is 8.21. The molecule has 1 saturated heterocycles. The van der Waals surface area contributed by atoms with Gasteiger partial charge in [0.25, 0.3) is 0 Å². The number of amides is 1. The van der Waals surface area contributed by atoms with Crippen molar-refractivity contribution < 1.29 is 4.79 Å². The number of carbonyl (C=O) groups is 1. The number of aromatic nitrogens is 2. The molecule has 34 heavy (non-hydrogen) atoms. The van der Waals surface area contributed by atoms with E-state index in [4.69, 9.17) is 16.6 Å². The smallest absolute Gasteiger partial charge is 0.226 e. The fraction of sp³-hybridized carbons (Fsp3) is 0.500. The fourth-order valence-electron chi connectivity index (χ4n) is 5.56. The van der Waals surface area contributed by atoms with Gasteiger partial charge in [-0.05, 0) is 61.1 Å². The fourth-order valence-corrected chi connectivity index (χ4v) is 5.74. The molecule has 0 spiro atoms. The van der Waals surface area contributed by atoms with E-state index < -0.39 is 0 Å². The number of nitrogens with zero attached hydrogens (tertiary/aromatic N) is 3. The van der Waals surface area contributed by atoms with E-state index in [1.54, 1.807) is 0 Å². The Hall–Kier alpha value is -2.53. The molecular formula is C28H35ClN4O. The minimum atomic E-state index is -0.228. The zero-order valence-corrected chi connectivity index (χ0v) is 21.1. The number of carbonyl (C=O) groups excluding carboxylic acids is 1. The molecule has 0 radical (unpaired) electrons. The van der Waals surface area contributed by atoms with Gasteiger partial charge in [-0.3, -0.25) is 4.79 Å². The van der Waals surface area contributed by atoms with Gasteiger partial charge in [0, 0.05) is 49.2 Å². The van der Waals surface area contributed by atoms with E-state index in [0.29, 0.717) is 13.0 Å². The summed E-state index contributed by atoms with van der Waals surface area (Å²) >= 11 is 6.58. The molecule has 1 aliphatic heterocycles. The van der Waals surface area contributed by atoms with E-state index in [9.17, 15) is 4.79 Å². The Labute approximate surface area is 207 Å². The van der Waals surface area contributed by atoms with Crippen LogP contribution in [-0.4, -0.2) is 28.5 Å². The van der Waals surface area contributed by atoms with Crippen LogP contribution in [0.15, 0.2) is 36.4 Å². The van der Waals surface area contributed by atoms with Gasteiger partial charge in [0.2, 0.25) is 5.91 Å². The lowest BCUT2D eigenvalue weighted by Gasteiger charge is -2.32. The molecule has 5 rings (SSSR count). The number of hydrogen-bond donors (Lipinski definition) is 1. The van der Waals surface area contributed by atoms with E-state index in [1.807, 2.05) is 12.1 Å². The van der Waals surface area contributed by atoms with Crippen molar-refractivity contribution in [3.63, 3.8) is 0 Å². The average Bonchev–Trinajstić information content (AvgIpc) is 3.48. The van der Waals surface area contributed by atoms with Gasteiger partial charge in [0.05, 0.1) is 11.0 Å². The number of aryl methyl sites for hydroxylation is 1. The Morgan fingerprint density at radius 2 is 1.82 bits per heavy atom. The van der Waals surface area contributed by atoms with Crippen molar-refractivity contribution in [2.45, 2.75) is 64.8 Å². The number of benzene rings is 2. The molecule has 1 aliphatic carbocycles. The van der Waals surface area contributed by atoms with Crippen LogP contribution in [0.2, 0.25) is 5.02 Å². The largest absolute Gasteiger partial charge is 0.371 e. The predicted octanol–water partition coefficient (Wildman–Crippen LogP) is 6.00. The molecule has 0 atom stereocenters. The van der Waals surface area contributed by atoms with Crippen LogP contribution in [0.5, 0.6) is 0 Å². The second-order valence-corrected chi connectivity index (χ2v) is 10.8. The van der Waals surface area contributed by atoms with Crippen LogP contribution < -0.4 is 10.2 Å². The zero-order valence-electron chi connectivity index (χ0n) is 20.4. The van der Waals surface area contributed by atoms with Gasteiger partial charge in [-0.25, -0.2) is 4.98 Å². The topological polar surface area (TPSA) is 50.2 Å². The van der Waals surface area contributed by atoms with Crippen LogP contribution >= 0.6 is 11.6 Å². The summed E-state index contributed by atoms with van der Waals surface area (Å²) in [6, 6.07) is 12.6. The maximum atomic E-state index is 12.8. The van der Waals surface area contributed by atoms with Crippen LogP contribution in [0.4, 0.5) is 5.69 Å². The number of imidazole rings is 1. The lowest BCUT2D eigenvalue weighted by atomic mass is 9.75. The van der Waals surface area contributed by atoms with Crippen molar-refractivity contribution in [2.75, 3.05) is 18.0 Å². The summed E-state index contributed by atoms with van der Waals surface area (Å²) in [7, 11) is 2.08. The molecule has 6 heteroatoms. The first-order valence-electron chi connectivity index (χ1n) is 12.7. The first kappa shape index (κ1) is 23.2. The molecule has 2 aromatic carbocycles. The van der Waals surface area contributed by atoms with Gasteiger partial charge in [-0.15, -0.1) is 0 Å². The molecule has 2 heterocycles. The first-order valence-corrected chi connectivity index (χ1v) is 13.1. The minimum absolute atomic E-state index is 0.174. The van der Waals surface area contributed by atoms with E-state index >= 15 is 0 Å². The number of fused-ring (bicyclic) bond motifs is 1.